The van der Waals surface area contributed by atoms with Gasteiger partial charge in [-0.1, -0.05) is 36.4 Å². The van der Waals surface area contributed by atoms with Gasteiger partial charge in [-0.3, -0.25) is 4.79 Å². The molecular formula is C19H15F2N3O. The van der Waals surface area contributed by atoms with Gasteiger partial charge in [0.05, 0.1) is 12.7 Å². The third-order valence-corrected chi connectivity index (χ3v) is 4.41. The van der Waals surface area contributed by atoms with Crippen LogP contribution in [-0.2, 0) is 11.3 Å². The Morgan fingerprint density at radius 1 is 1.08 bits per heavy atom. The number of hydrogen-bond acceptors (Lipinski definition) is 2. The van der Waals surface area contributed by atoms with Crippen molar-refractivity contribution in [2.45, 2.75) is 18.9 Å². The van der Waals surface area contributed by atoms with E-state index in [9.17, 15) is 13.6 Å². The average molecular weight is 339 g/mol. The quantitative estimate of drug-likeness (QED) is 0.791. The number of nitrogens with one attached hydrogen (secondary N) is 1. The summed E-state index contributed by atoms with van der Waals surface area (Å²) in [5, 5.41) is 7.10. The van der Waals surface area contributed by atoms with Crippen LogP contribution in [0.25, 0.3) is 0 Å². The van der Waals surface area contributed by atoms with Gasteiger partial charge in [0.2, 0.25) is 5.91 Å². The van der Waals surface area contributed by atoms with Crippen molar-refractivity contribution in [3.05, 3.63) is 83.1 Å². The zero-order valence-electron chi connectivity index (χ0n) is 13.2. The smallest absolute Gasteiger partial charge is 0.226 e. The van der Waals surface area contributed by atoms with E-state index in [-0.39, 0.29) is 17.9 Å². The number of aromatic nitrogens is 2. The summed E-state index contributed by atoms with van der Waals surface area (Å²) in [6.45, 7) is 0.461. The number of benzene rings is 2. The Kier molecular flexibility index (Phi) is 3.80. The maximum Gasteiger partial charge on any atom is 0.226 e. The Morgan fingerprint density at radius 3 is 2.52 bits per heavy atom. The molecule has 0 saturated heterocycles. The second-order valence-electron chi connectivity index (χ2n) is 6.03. The fourth-order valence-corrected chi connectivity index (χ4v) is 3.25. The Balaban J connectivity index is 1.77. The molecule has 1 amide bonds. The van der Waals surface area contributed by atoms with Crippen molar-refractivity contribution in [2.24, 2.45) is 0 Å². The van der Waals surface area contributed by atoms with E-state index in [0.717, 1.165) is 5.56 Å². The van der Waals surface area contributed by atoms with Crippen LogP contribution in [0.4, 0.5) is 14.6 Å². The van der Waals surface area contributed by atoms with Crippen molar-refractivity contribution in [1.82, 2.24) is 9.78 Å². The lowest BCUT2D eigenvalue weighted by atomic mass is 9.86. The van der Waals surface area contributed by atoms with Gasteiger partial charge in [0.25, 0.3) is 0 Å². The molecule has 0 bridgehead atoms. The molecule has 0 aliphatic carbocycles. The molecular weight excluding hydrogens is 324 g/mol. The summed E-state index contributed by atoms with van der Waals surface area (Å²) in [7, 11) is 0. The van der Waals surface area contributed by atoms with Gasteiger partial charge in [0.1, 0.15) is 17.5 Å². The Labute approximate surface area is 143 Å². The van der Waals surface area contributed by atoms with Gasteiger partial charge in [-0.15, -0.1) is 0 Å². The summed E-state index contributed by atoms with van der Waals surface area (Å²) in [5.41, 5.74) is 1.55. The number of nitrogens with zero attached hydrogens (tertiary/aromatic N) is 2. The van der Waals surface area contributed by atoms with E-state index >= 15 is 0 Å². The Morgan fingerprint density at radius 2 is 1.80 bits per heavy atom. The topological polar surface area (TPSA) is 46.9 Å². The van der Waals surface area contributed by atoms with Crippen LogP contribution < -0.4 is 5.32 Å². The summed E-state index contributed by atoms with van der Waals surface area (Å²) in [5.74, 6) is -1.78. The van der Waals surface area contributed by atoms with Gasteiger partial charge in [-0.2, -0.15) is 5.10 Å². The molecule has 4 rings (SSSR count). The molecule has 6 heteroatoms. The van der Waals surface area contributed by atoms with Gasteiger partial charge in [0, 0.05) is 23.5 Å². The summed E-state index contributed by atoms with van der Waals surface area (Å²) in [6, 6.07) is 13.4. The number of carbonyl (C=O) groups is 1. The normalized spacial score (nSPS) is 16.4. The van der Waals surface area contributed by atoms with E-state index in [0.29, 0.717) is 17.9 Å². The van der Waals surface area contributed by atoms with Crippen molar-refractivity contribution in [1.29, 1.82) is 0 Å². The van der Waals surface area contributed by atoms with Crippen LogP contribution in [0, 0.1) is 11.6 Å². The molecule has 1 unspecified atom stereocenters. The minimum absolute atomic E-state index is 0.0120. The van der Waals surface area contributed by atoms with Crippen LogP contribution in [0.5, 0.6) is 0 Å². The van der Waals surface area contributed by atoms with E-state index in [4.69, 9.17) is 0 Å². The van der Waals surface area contributed by atoms with Crippen LogP contribution in [0.2, 0.25) is 0 Å². The minimum Gasteiger partial charge on any atom is -0.311 e. The second-order valence-corrected chi connectivity index (χ2v) is 6.03. The summed E-state index contributed by atoms with van der Waals surface area (Å²) in [4.78, 5) is 12.1. The second kappa shape index (κ2) is 6.12. The third kappa shape index (κ3) is 2.80. The Hall–Kier alpha value is -3.02. The molecule has 1 aliphatic rings. The lowest BCUT2D eigenvalue weighted by Gasteiger charge is -2.24. The zero-order chi connectivity index (χ0) is 17.4. The first-order chi connectivity index (χ1) is 12.1. The molecule has 1 aliphatic heterocycles. The van der Waals surface area contributed by atoms with E-state index in [1.165, 1.54) is 18.2 Å². The maximum absolute atomic E-state index is 14.2. The molecule has 1 N–H and O–H groups in total. The van der Waals surface area contributed by atoms with Crippen LogP contribution in [0.3, 0.4) is 0 Å². The van der Waals surface area contributed by atoms with Crippen molar-refractivity contribution >= 4 is 11.7 Å². The van der Waals surface area contributed by atoms with Gasteiger partial charge < -0.3 is 5.32 Å². The summed E-state index contributed by atoms with van der Waals surface area (Å²) in [6.07, 6.45) is 1.57. The van der Waals surface area contributed by atoms with Gasteiger partial charge in [0.15, 0.2) is 0 Å². The highest BCUT2D eigenvalue weighted by molar-refractivity contribution is 5.94. The monoisotopic (exact) mass is 339 g/mol. The molecule has 1 aromatic heterocycles. The fraction of sp³-hybridized carbons (Fsp3) is 0.158. The number of rotatable bonds is 3. The van der Waals surface area contributed by atoms with Crippen molar-refractivity contribution in [3.8, 4) is 0 Å². The van der Waals surface area contributed by atoms with Gasteiger partial charge >= 0.3 is 0 Å². The van der Waals surface area contributed by atoms with E-state index in [2.05, 4.69) is 10.4 Å². The molecule has 3 aromatic rings. The molecule has 25 heavy (non-hydrogen) atoms. The maximum atomic E-state index is 14.2. The highest BCUT2D eigenvalue weighted by Gasteiger charge is 2.33. The van der Waals surface area contributed by atoms with Gasteiger partial charge in [-0.25, -0.2) is 13.5 Å². The Bertz CT molecular complexity index is 917. The van der Waals surface area contributed by atoms with Crippen LogP contribution in [0.1, 0.15) is 29.0 Å². The molecule has 1 atom stereocenters. The third-order valence-electron chi connectivity index (χ3n) is 4.41. The number of carbonyl (C=O) groups excluding carboxylic acids is 1. The van der Waals surface area contributed by atoms with Crippen molar-refractivity contribution < 1.29 is 13.6 Å². The predicted octanol–water partition coefficient (Wildman–Crippen LogP) is 3.68. The first kappa shape index (κ1) is 15.5. The fourth-order valence-electron chi connectivity index (χ4n) is 3.25. The molecule has 4 nitrogen and oxygen atoms in total. The highest BCUT2D eigenvalue weighted by atomic mass is 19.1. The standard InChI is InChI=1S/C19H15F2N3O/c20-15-7-4-8-16(21)18(15)13-9-17(25)23-19-14(13)10-22-24(19)11-12-5-2-1-3-6-12/h1-8,10,13H,9,11H2,(H,23,25). The van der Waals surface area contributed by atoms with Crippen LogP contribution in [-0.4, -0.2) is 15.7 Å². The lowest BCUT2D eigenvalue weighted by Crippen LogP contribution is -2.26. The first-order valence-corrected chi connectivity index (χ1v) is 7.97. The molecule has 2 aromatic carbocycles. The SMILES string of the molecule is O=C1CC(c2c(F)cccc2F)c2cnn(Cc3ccccc3)c2N1. The van der Waals surface area contributed by atoms with E-state index < -0.39 is 17.6 Å². The number of amides is 1. The van der Waals surface area contributed by atoms with E-state index in [1.54, 1.807) is 10.9 Å². The average Bonchev–Trinajstić information content (AvgIpc) is 2.98. The van der Waals surface area contributed by atoms with Crippen LogP contribution >= 0.6 is 0 Å². The molecule has 0 spiro atoms. The van der Waals surface area contributed by atoms with Gasteiger partial charge in [-0.05, 0) is 17.7 Å². The number of fused-ring (bicyclic) bond motifs is 1. The number of anilines is 1. The predicted molar refractivity (Wildman–Crippen MR) is 89.2 cm³/mol. The minimum atomic E-state index is -0.686. The summed E-state index contributed by atoms with van der Waals surface area (Å²) >= 11 is 0. The lowest BCUT2D eigenvalue weighted by molar-refractivity contribution is -0.116. The zero-order valence-corrected chi connectivity index (χ0v) is 13.2. The number of halogens is 2. The summed E-state index contributed by atoms with van der Waals surface area (Å²) < 4.78 is 30.1. The highest BCUT2D eigenvalue weighted by Crippen LogP contribution is 2.39. The van der Waals surface area contributed by atoms with Crippen molar-refractivity contribution in [2.75, 3.05) is 5.32 Å². The molecule has 0 saturated carbocycles. The molecule has 126 valence electrons. The largest absolute Gasteiger partial charge is 0.311 e. The molecule has 0 fully saturated rings. The number of hydrogen-bond donors (Lipinski definition) is 1. The van der Waals surface area contributed by atoms with Crippen molar-refractivity contribution in [3.63, 3.8) is 0 Å². The molecule has 2 heterocycles. The van der Waals surface area contributed by atoms with Crippen LogP contribution in [0.15, 0.2) is 54.7 Å². The molecule has 0 radical (unpaired) electrons. The first-order valence-electron chi connectivity index (χ1n) is 7.97. The van der Waals surface area contributed by atoms with E-state index in [1.807, 2.05) is 30.3 Å².